The van der Waals surface area contributed by atoms with Gasteiger partial charge in [-0.15, -0.1) is 0 Å². The van der Waals surface area contributed by atoms with Crippen molar-refractivity contribution in [3.8, 4) is 5.75 Å². The van der Waals surface area contributed by atoms with Gasteiger partial charge in [-0.2, -0.15) is 0 Å². The third-order valence-corrected chi connectivity index (χ3v) is 6.34. The van der Waals surface area contributed by atoms with E-state index in [1.54, 1.807) is 19.1 Å². The topological polar surface area (TPSA) is 55.8 Å². The second-order valence-electron chi connectivity index (χ2n) is 9.31. The van der Waals surface area contributed by atoms with Crippen molar-refractivity contribution in [2.75, 3.05) is 6.61 Å². The number of hydrogen-bond acceptors (Lipinski definition) is 3. The molecule has 1 aromatic rings. The molecule has 1 rings (SSSR count). The van der Waals surface area contributed by atoms with Crippen LogP contribution in [0.3, 0.4) is 0 Å². The molecule has 190 valence electrons. The average Bonchev–Trinajstić information content (AvgIpc) is 2.81. The highest BCUT2D eigenvalue weighted by Crippen LogP contribution is 2.26. The zero-order chi connectivity index (χ0) is 24.0. The van der Waals surface area contributed by atoms with Crippen LogP contribution in [-0.4, -0.2) is 23.5 Å². The minimum absolute atomic E-state index is 0.304. The van der Waals surface area contributed by atoms with Gasteiger partial charge in [0.15, 0.2) is 0 Å². The quantitative estimate of drug-likeness (QED) is 0.130. The maximum absolute atomic E-state index is 12.0. The second kappa shape index (κ2) is 19.9. The molecule has 0 radical (unpaired) electrons. The monoisotopic (exact) mass is 462 g/mol. The normalized spacial score (nSPS) is 13.0. The van der Waals surface area contributed by atoms with Gasteiger partial charge in [-0.3, -0.25) is 0 Å². The van der Waals surface area contributed by atoms with Crippen molar-refractivity contribution in [1.82, 2.24) is 0 Å². The Morgan fingerprint density at radius 1 is 0.697 bits per heavy atom. The van der Waals surface area contributed by atoms with E-state index in [9.17, 15) is 9.90 Å². The second-order valence-corrected chi connectivity index (χ2v) is 9.31. The first-order chi connectivity index (χ1) is 16.1. The lowest BCUT2D eigenvalue weighted by molar-refractivity contribution is -0.213. The molecule has 4 heteroatoms. The number of ether oxygens (including phenoxy) is 2. The minimum atomic E-state index is -1.59. The molecule has 0 aliphatic carbocycles. The van der Waals surface area contributed by atoms with Gasteiger partial charge in [-0.25, -0.2) is 4.79 Å². The van der Waals surface area contributed by atoms with Crippen LogP contribution in [0.1, 0.15) is 129 Å². The molecule has 0 heterocycles. The summed E-state index contributed by atoms with van der Waals surface area (Å²) in [6, 6.07) is 9.09. The van der Waals surface area contributed by atoms with Gasteiger partial charge in [-0.05, 0) is 25.5 Å². The van der Waals surface area contributed by atoms with Gasteiger partial charge < -0.3 is 14.6 Å². The molecule has 4 nitrogen and oxygen atoms in total. The predicted octanol–water partition coefficient (Wildman–Crippen LogP) is 8.92. The average molecular weight is 463 g/mol. The van der Waals surface area contributed by atoms with E-state index in [0.717, 1.165) is 19.3 Å². The Morgan fingerprint density at radius 2 is 1.12 bits per heavy atom. The van der Waals surface area contributed by atoms with Crippen LogP contribution in [0.4, 0.5) is 0 Å². The van der Waals surface area contributed by atoms with Gasteiger partial charge in [0.1, 0.15) is 5.75 Å². The molecule has 0 spiro atoms. The predicted molar refractivity (Wildman–Crippen MR) is 138 cm³/mol. The molecular weight excluding hydrogens is 412 g/mol. The van der Waals surface area contributed by atoms with Crippen LogP contribution in [-0.2, 0) is 9.53 Å². The van der Waals surface area contributed by atoms with Gasteiger partial charge in [0.25, 0.3) is 0 Å². The van der Waals surface area contributed by atoms with Gasteiger partial charge in [-0.1, -0.05) is 128 Å². The van der Waals surface area contributed by atoms with E-state index in [2.05, 4.69) is 6.92 Å². The summed E-state index contributed by atoms with van der Waals surface area (Å²) in [7, 11) is 0. The highest BCUT2D eigenvalue weighted by atomic mass is 16.7. The zero-order valence-electron chi connectivity index (χ0n) is 21.5. The Labute approximate surface area is 203 Å². The van der Waals surface area contributed by atoms with Gasteiger partial charge in [0.2, 0.25) is 0 Å². The fourth-order valence-electron chi connectivity index (χ4n) is 4.36. The highest BCUT2D eigenvalue weighted by Gasteiger charge is 2.41. The fraction of sp³-hybridized carbons (Fsp3) is 0.759. The van der Waals surface area contributed by atoms with Gasteiger partial charge in [0.05, 0.1) is 0 Å². The van der Waals surface area contributed by atoms with E-state index in [1.807, 2.05) is 18.2 Å². The molecule has 1 unspecified atom stereocenters. The van der Waals surface area contributed by atoms with Crippen molar-refractivity contribution >= 4 is 5.97 Å². The molecule has 0 aliphatic heterocycles. The zero-order valence-corrected chi connectivity index (χ0v) is 21.5. The van der Waals surface area contributed by atoms with Crippen molar-refractivity contribution < 1.29 is 19.4 Å². The van der Waals surface area contributed by atoms with E-state index < -0.39 is 11.8 Å². The number of rotatable bonds is 23. The summed E-state index contributed by atoms with van der Waals surface area (Å²) in [5, 5.41) is 9.80. The summed E-state index contributed by atoms with van der Waals surface area (Å²) in [6.45, 7) is 4.39. The standard InChI is InChI=1S/C29H50O4/c1-3-5-6-7-8-9-10-11-12-13-14-15-16-17-18-19-23-26-29(28(30)31,32-4-2)33-27-24-21-20-22-25-27/h20-22,24-25H,3-19,23,26H2,1-2H3,(H,30,31). The lowest BCUT2D eigenvalue weighted by Crippen LogP contribution is -2.47. The molecule has 0 amide bonds. The van der Waals surface area contributed by atoms with Crippen LogP contribution < -0.4 is 4.74 Å². The third kappa shape index (κ3) is 14.3. The molecule has 1 aromatic carbocycles. The Bertz CT molecular complexity index is 574. The Morgan fingerprint density at radius 3 is 1.52 bits per heavy atom. The number of carboxylic acid groups (broad SMARTS) is 1. The summed E-state index contributed by atoms with van der Waals surface area (Å²) in [5.74, 6) is -2.11. The molecule has 33 heavy (non-hydrogen) atoms. The summed E-state index contributed by atoms with van der Waals surface area (Å²) in [5.41, 5.74) is 0. The van der Waals surface area contributed by atoms with E-state index in [1.165, 1.54) is 89.9 Å². The van der Waals surface area contributed by atoms with Crippen molar-refractivity contribution in [2.24, 2.45) is 0 Å². The molecule has 0 bridgehead atoms. The van der Waals surface area contributed by atoms with Crippen LogP contribution in [0, 0.1) is 0 Å². The highest BCUT2D eigenvalue weighted by molar-refractivity contribution is 5.76. The fourth-order valence-corrected chi connectivity index (χ4v) is 4.36. The van der Waals surface area contributed by atoms with Gasteiger partial charge in [0, 0.05) is 13.0 Å². The van der Waals surface area contributed by atoms with Crippen LogP contribution in [0.2, 0.25) is 0 Å². The maximum Gasteiger partial charge on any atom is 0.377 e. The van der Waals surface area contributed by atoms with E-state index in [-0.39, 0.29) is 0 Å². The Hall–Kier alpha value is -1.55. The molecule has 1 atom stereocenters. The molecule has 0 aromatic heterocycles. The first-order valence-corrected chi connectivity index (χ1v) is 13.8. The summed E-state index contributed by atoms with van der Waals surface area (Å²) in [4.78, 5) is 12.0. The van der Waals surface area contributed by atoms with Crippen molar-refractivity contribution in [3.05, 3.63) is 30.3 Å². The first-order valence-electron chi connectivity index (χ1n) is 13.8. The van der Waals surface area contributed by atoms with E-state index in [4.69, 9.17) is 9.47 Å². The van der Waals surface area contributed by atoms with Crippen LogP contribution in [0.15, 0.2) is 30.3 Å². The number of unbranched alkanes of at least 4 members (excludes halogenated alkanes) is 16. The molecule has 1 N–H and O–H groups in total. The molecular formula is C29H50O4. The van der Waals surface area contributed by atoms with Crippen LogP contribution >= 0.6 is 0 Å². The van der Waals surface area contributed by atoms with Crippen molar-refractivity contribution in [2.45, 2.75) is 135 Å². The number of para-hydroxylation sites is 1. The summed E-state index contributed by atoms with van der Waals surface area (Å²) < 4.78 is 11.4. The lowest BCUT2D eigenvalue weighted by Gasteiger charge is -2.30. The molecule has 0 saturated heterocycles. The maximum atomic E-state index is 12.0. The van der Waals surface area contributed by atoms with E-state index in [0.29, 0.717) is 18.8 Å². The summed E-state index contributed by atoms with van der Waals surface area (Å²) in [6.07, 6.45) is 22.5. The smallest absolute Gasteiger partial charge is 0.377 e. The molecule has 0 aliphatic rings. The minimum Gasteiger partial charge on any atom is -0.476 e. The number of benzene rings is 1. The van der Waals surface area contributed by atoms with Crippen LogP contribution in [0.25, 0.3) is 0 Å². The Kier molecular flexibility index (Phi) is 17.8. The largest absolute Gasteiger partial charge is 0.476 e. The van der Waals surface area contributed by atoms with Crippen molar-refractivity contribution in [1.29, 1.82) is 0 Å². The van der Waals surface area contributed by atoms with Gasteiger partial charge >= 0.3 is 11.8 Å². The Balaban J connectivity index is 2.06. The van der Waals surface area contributed by atoms with E-state index >= 15 is 0 Å². The molecule has 0 saturated carbocycles. The number of carboxylic acids is 1. The lowest BCUT2D eigenvalue weighted by atomic mass is 10.0. The third-order valence-electron chi connectivity index (χ3n) is 6.34. The summed E-state index contributed by atoms with van der Waals surface area (Å²) >= 11 is 0. The SMILES string of the molecule is CCCCCCCCCCCCCCCCCCCC(OCC)(Oc1ccccc1)C(=O)O. The van der Waals surface area contributed by atoms with Crippen molar-refractivity contribution in [3.63, 3.8) is 0 Å². The van der Waals surface area contributed by atoms with Crippen LogP contribution in [0.5, 0.6) is 5.75 Å². The number of carbonyl (C=O) groups is 1. The number of aliphatic carboxylic acids is 1. The number of hydrogen-bond donors (Lipinski definition) is 1. The first kappa shape index (κ1) is 29.5. The molecule has 0 fully saturated rings.